The summed E-state index contributed by atoms with van der Waals surface area (Å²) in [5.41, 5.74) is 5.56. The molecule has 0 saturated carbocycles. The Morgan fingerprint density at radius 1 is 1.33 bits per heavy atom. The molecule has 1 aromatic carbocycles. The second-order valence-electron chi connectivity index (χ2n) is 4.61. The Morgan fingerprint density at radius 3 is 2.57 bits per heavy atom. The zero-order chi connectivity index (χ0) is 16.0. The van der Waals surface area contributed by atoms with Crippen LogP contribution in [-0.2, 0) is 11.3 Å². The topological polar surface area (TPSA) is 93.4 Å². The molecule has 1 rings (SSSR count). The molecular formula is C13H17Cl2N3O3. The zero-order valence-electron chi connectivity index (χ0n) is 11.7. The van der Waals surface area contributed by atoms with Crippen LogP contribution in [0, 0.1) is 0 Å². The van der Waals surface area contributed by atoms with Gasteiger partial charge in [-0.2, -0.15) is 0 Å². The van der Waals surface area contributed by atoms with Gasteiger partial charge in [-0.1, -0.05) is 37.0 Å². The molecule has 6 nitrogen and oxygen atoms in total. The number of hydrogen-bond donors (Lipinski definition) is 3. The molecule has 0 aromatic heterocycles. The summed E-state index contributed by atoms with van der Waals surface area (Å²) in [6, 6.07) is 2.54. The average Bonchev–Trinajstić information content (AvgIpc) is 2.33. The van der Waals surface area contributed by atoms with Crippen molar-refractivity contribution < 1.29 is 14.3 Å². The Hall–Kier alpha value is -1.50. The van der Waals surface area contributed by atoms with E-state index in [0.717, 1.165) is 0 Å². The lowest BCUT2D eigenvalue weighted by molar-refractivity contribution is -0.121. The number of ether oxygens (including phenoxy) is 1. The summed E-state index contributed by atoms with van der Waals surface area (Å²) in [7, 11) is 0. The predicted molar refractivity (Wildman–Crippen MR) is 81.7 cm³/mol. The van der Waals surface area contributed by atoms with Crippen LogP contribution < -0.4 is 21.1 Å². The van der Waals surface area contributed by atoms with Gasteiger partial charge in [-0.15, -0.1) is 0 Å². The van der Waals surface area contributed by atoms with E-state index in [9.17, 15) is 9.59 Å². The van der Waals surface area contributed by atoms with Crippen molar-refractivity contribution in [2.45, 2.75) is 26.4 Å². The van der Waals surface area contributed by atoms with Crippen molar-refractivity contribution in [2.24, 2.45) is 5.73 Å². The lowest BCUT2D eigenvalue weighted by Gasteiger charge is -2.15. The van der Waals surface area contributed by atoms with Crippen LogP contribution in [-0.4, -0.2) is 24.6 Å². The minimum Gasteiger partial charge on any atom is -0.482 e. The molecule has 1 aromatic rings. The van der Waals surface area contributed by atoms with Gasteiger partial charge in [-0.05, 0) is 12.1 Å². The van der Waals surface area contributed by atoms with E-state index in [-0.39, 0.29) is 17.7 Å². The summed E-state index contributed by atoms with van der Waals surface area (Å²) in [5, 5.41) is 5.86. The van der Waals surface area contributed by atoms with Crippen LogP contribution in [0.5, 0.6) is 5.75 Å². The van der Waals surface area contributed by atoms with Crippen LogP contribution in [0.15, 0.2) is 12.1 Å². The number of imide groups is 1. The number of amides is 3. The molecule has 0 aliphatic heterocycles. The number of rotatable bonds is 6. The van der Waals surface area contributed by atoms with E-state index >= 15 is 0 Å². The molecule has 0 fully saturated rings. The van der Waals surface area contributed by atoms with Crippen molar-refractivity contribution in [3.8, 4) is 5.75 Å². The molecule has 4 N–H and O–H groups in total. The van der Waals surface area contributed by atoms with Gasteiger partial charge in [0, 0.05) is 23.2 Å². The Balaban J connectivity index is 2.83. The summed E-state index contributed by atoms with van der Waals surface area (Å²) in [5.74, 6) is -0.315. The zero-order valence-corrected chi connectivity index (χ0v) is 13.2. The Morgan fingerprint density at radius 2 is 2.00 bits per heavy atom. The molecule has 3 amide bonds. The summed E-state index contributed by atoms with van der Waals surface area (Å²) in [6.45, 7) is 4.09. The highest BCUT2D eigenvalue weighted by atomic mass is 35.5. The molecule has 0 atom stereocenters. The van der Waals surface area contributed by atoms with Crippen molar-refractivity contribution in [1.29, 1.82) is 0 Å². The quantitative estimate of drug-likeness (QED) is 0.742. The molecule has 8 heteroatoms. The highest BCUT2D eigenvalue weighted by molar-refractivity contribution is 6.35. The van der Waals surface area contributed by atoms with E-state index in [1.54, 1.807) is 6.07 Å². The van der Waals surface area contributed by atoms with Gasteiger partial charge in [0.05, 0.1) is 5.02 Å². The number of carbonyl (C=O) groups excluding carboxylic acids is 2. The minimum absolute atomic E-state index is 0.258. The molecule has 21 heavy (non-hydrogen) atoms. The van der Waals surface area contributed by atoms with E-state index in [1.807, 2.05) is 19.2 Å². The van der Waals surface area contributed by atoms with Crippen molar-refractivity contribution in [3.63, 3.8) is 0 Å². The molecule has 0 heterocycles. The first-order chi connectivity index (χ1) is 9.79. The van der Waals surface area contributed by atoms with Crippen LogP contribution in [0.2, 0.25) is 10.0 Å². The van der Waals surface area contributed by atoms with Crippen LogP contribution in [0.1, 0.15) is 19.4 Å². The van der Waals surface area contributed by atoms with Crippen molar-refractivity contribution in [3.05, 3.63) is 27.7 Å². The van der Waals surface area contributed by atoms with E-state index in [0.29, 0.717) is 22.9 Å². The van der Waals surface area contributed by atoms with Crippen molar-refractivity contribution in [2.75, 3.05) is 6.61 Å². The molecule has 0 bridgehead atoms. The van der Waals surface area contributed by atoms with E-state index in [4.69, 9.17) is 33.7 Å². The van der Waals surface area contributed by atoms with E-state index < -0.39 is 11.9 Å². The van der Waals surface area contributed by atoms with Gasteiger partial charge in [0.15, 0.2) is 6.61 Å². The number of primary amides is 1. The molecule has 0 radical (unpaired) electrons. The standard InChI is InChI=1S/C13H17Cl2N3O3/c1-7(2)17-5-8-3-9(14)4-10(15)12(8)21-6-11(19)18-13(16)20/h3-4,7,17H,5-6H2,1-2H3,(H3,16,18,19,20). The summed E-state index contributed by atoms with van der Waals surface area (Å²) in [6.07, 6.45) is 0. The largest absolute Gasteiger partial charge is 0.482 e. The van der Waals surface area contributed by atoms with Crippen LogP contribution >= 0.6 is 23.2 Å². The maximum atomic E-state index is 11.4. The Bertz CT molecular complexity index is 536. The number of hydrogen-bond acceptors (Lipinski definition) is 4. The lowest BCUT2D eigenvalue weighted by atomic mass is 10.2. The SMILES string of the molecule is CC(C)NCc1cc(Cl)cc(Cl)c1OCC(=O)NC(N)=O. The average molecular weight is 334 g/mol. The fraction of sp³-hybridized carbons (Fsp3) is 0.385. The highest BCUT2D eigenvalue weighted by Gasteiger charge is 2.13. The van der Waals surface area contributed by atoms with Crippen LogP contribution in [0.4, 0.5) is 4.79 Å². The number of urea groups is 1. The predicted octanol–water partition coefficient (Wildman–Crippen LogP) is 2.07. The Labute approximate surface area is 132 Å². The molecule has 0 aliphatic carbocycles. The maximum Gasteiger partial charge on any atom is 0.318 e. The van der Waals surface area contributed by atoms with Gasteiger partial charge in [0.25, 0.3) is 5.91 Å². The number of benzene rings is 1. The van der Waals surface area contributed by atoms with E-state index in [1.165, 1.54) is 6.07 Å². The van der Waals surface area contributed by atoms with Gasteiger partial charge in [0.1, 0.15) is 5.75 Å². The van der Waals surface area contributed by atoms with Crippen molar-refractivity contribution in [1.82, 2.24) is 10.6 Å². The summed E-state index contributed by atoms with van der Waals surface area (Å²) < 4.78 is 5.37. The van der Waals surface area contributed by atoms with E-state index in [2.05, 4.69) is 5.32 Å². The normalized spacial score (nSPS) is 10.5. The first-order valence-corrected chi connectivity index (χ1v) is 6.98. The lowest BCUT2D eigenvalue weighted by Crippen LogP contribution is -2.38. The van der Waals surface area contributed by atoms with Gasteiger partial charge in [-0.25, -0.2) is 4.79 Å². The second-order valence-corrected chi connectivity index (χ2v) is 5.46. The number of carbonyl (C=O) groups is 2. The van der Waals surface area contributed by atoms with Gasteiger partial charge < -0.3 is 15.8 Å². The van der Waals surface area contributed by atoms with Crippen LogP contribution in [0.3, 0.4) is 0 Å². The third-order valence-corrected chi connectivity index (χ3v) is 2.90. The first-order valence-electron chi connectivity index (χ1n) is 6.23. The molecule has 0 unspecified atom stereocenters. The number of halogens is 2. The smallest absolute Gasteiger partial charge is 0.318 e. The highest BCUT2D eigenvalue weighted by Crippen LogP contribution is 2.32. The fourth-order valence-corrected chi connectivity index (χ4v) is 2.12. The Kier molecular flexibility index (Phi) is 6.74. The molecule has 0 saturated heterocycles. The van der Waals surface area contributed by atoms with Gasteiger partial charge in [0.2, 0.25) is 0 Å². The van der Waals surface area contributed by atoms with Crippen molar-refractivity contribution >= 4 is 35.1 Å². The molecule has 0 aliphatic rings. The summed E-state index contributed by atoms with van der Waals surface area (Å²) in [4.78, 5) is 21.9. The first kappa shape index (κ1) is 17.6. The summed E-state index contributed by atoms with van der Waals surface area (Å²) >= 11 is 12.0. The third kappa shape index (κ3) is 6.20. The number of nitrogens with one attached hydrogen (secondary N) is 2. The maximum absolute atomic E-state index is 11.4. The fourth-order valence-electron chi connectivity index (χ4n) is 1.53. The number of nitrogens with two attached hydrogens (primary N) is 1. The third-order valence-electron chi connectivity index (χ3n) is 2.40. The second kappa shape index (κ2) is 8.07. The van der Waals surface area contributed by atoms with Gasteiger partial charge in [-0.3, -0.25) is 10.1 Å². The molecule has 116 valence electrons. The minimum atomic E-state index is -0.937. The molecule has 0 spiro atoms. The monoisotopic (exact) mass is 333 g/mol. The van der Waals surface area contributed by atoms with Crippen LogP contribution in [0.25, 0.3) is 0 Å². The van der Waals surface area contributed by atoms with Gasteiger partial charge >= 0.3 is 6.03 Å². The molecular weight excluding hydrogens is 317 g/mol.